The van der Waals surface area contributed by atoms with E-state index in [4.69, 9.17) is 4.84 Å². The van der Waals surface area contributed by atoms with Gasteiger partial charge in [0.05, 0.1) is 6.61 Å². The number of unbranched alkanes of at least 4 members (excludes halogenated alkanes) is 1. The summed E-state index contributed by atoms with van der Waals surface area (Å²) in [5, 5.41) is 0. The second-order valence-corrected chi connectivity index (χ2v) is 3.01. The molecule has 0 saturated heterocycles. The fraction of sp³-hybridized carbons (Fsp3) is 1.00. The lowest BCUT2D eigenvalue weighted by atomic mass is 10.3. The molecular weight excluding hydrogens is 146 g/mol. The smallest absolute Gasteiger partial charge is 0.0653 e. The summed E-state index contributed by atoms with van der Waals surface area (Å²) in [7, 11) is 0. The molecule has 0 aromatic rings. The molecule has 2 nitrogen and oxygen atoms in total. The van der Waals surface area contributed by atoms with Gasteiger partial charge in [-0.15, -0.1) is 0 Å². The minimum absolute atomic E-state index is 0.753. The lowest BCUT2D eigenvalue weighted by molar-refractivity contribution is 0.0504. The third-order valence-electron chi connectivity index (χ3n) is 1.12. The van der Waals surface area contributed by atoms with E-state index in [2.05, 4.69) is 11.7 Å². The molecule has 0 aliphatic carbocycles. The Morgan fingerprint density at radius 1 is 1.40 bits per heavy atom. The molecule has 0 aliphatic rings. The number of hydrogen-bond donors (Lipinski definition) is 1. The largest absolute Gasteiger partial charge is 0.302 e. The van der Waals surface area contributed by atoms with Crippen molar-refractivity contribution in [2.24, 2.45) is 0 Å². The highest BCUT2D eigenvalue weighted by atomic mass is 32.2. The van der Waals surface area contributed by atoms with Gasteiger partial charge in [0.2, 0.25) is 0 Å². The average Bonchev–Trinajstić information content (AvgIpc) is 1.97. The molecular formula is C7H17NOS. The molecule has 0 aromatic carbocycles. The molecule has 0 radical (unpaired) electrons. The van der Waals surface area contributed by atoms with Crippen molar-refractivity contribution in [3.05, 3.63) is 0 Å². The Labute approximate surface area is 67.7 Å². The molecule has 0 fully saturated rings. The SMILES string of the molecule is CCONCCCCSC. The van der Waals surface area contributed by atoms with Crippen molar-refractivity contribution in [1.29, 1.82) is 0 Å². The minimum Gasteiger partial charge on any atom is -0.302 e. The zero-order valence-corrected chi connectivity index (χ0v) is 7.67. The van der Waals surface area contributed by atoms with Gasteiger partial charge in [-0.25, -0.2) is 5.48 Å². The predicted octanol–water partition coefficient (Wildman–Crippen LogP) is 1.67. The van der Waals surface area contributed by atoms with Crippen molar-refractivity contribution in [3.63, 3.8) is 0 Å². The molecule has 0 unspecified atom stereocenters. The molecule has 0 bridgehead atoms. The van der Waals surface area contributed by atoms with Gasteiger partial charge in [0.15, 0.2) is 0 Å². The minimum atomic E-state index is 0.753. The van der Waals surface area contributed by atoms with Crippen molar-refractivity contribution in [2.45, 2.75) is 19.8 Å². The van der Waals surface area contributed by atoms with E-state index in [0.29, 0.717) is 0 Å². The summed E-state index contributed by atoms with van der Waals surface area (Å²) in [5.74, 6) is 1.26. The first kappa shape index (κ1) is 10.3. The second kappa shape index (κ2) is 9.27. The van der Waals surface area contributed by atoms with Gasteiger partial charge in [0, 0.05) is 6.54 Å². The van der Waals surface area contributed by atoms with Gasteiger partial charge in [-0.05, 0) is 31.8 Å². The van der Waals surface area contributed by atoms with Crippen LogP contribution in [0.1, 0.15) is 19.8 Å². The first-order chi connectivity index (χ1) is 4.91. The van der Waals surface area contributed by atoms with Crippen molar-refractivity contribution in [2.75, 3.05) is 25.2 Å². The van der Waals surface area contributed by atoms with Crippen LogP contribution < -0.4 is 5.48 Å². The number of thioether (sulfide) groups is 1. The van der Waals surface area contributed by atoms with Crippen LogP contribution in [0.2, 0.25) is 0 Å². The van der Waals surface area contributed by atoms with Crippen LogP contribution in [0.15, 0.2) is 0 Å². The van der Waals surface area contributed by atoms with E-state index in [-0.39, 0.29) is 0 Å². The molecule has 0 spiro atoms. The van der Waals surface area contributed by atoms with E-state index in [1.54, 1.807) is 0 Å². The predicted molar refractivity (Wildman–Crippen MR) is 47.2 cm³/mol. The average molecular weight is 163 g/mol. The fourth-order valence-corrected chi connectivity index (χ4v) is 1.11. The molecule has 0 amide bonds. The quantitative estimate of drug-likeness (QED) is 0.455. The summed E-state index contributed by atoms with van der Waals surface area (Å²) in [6, 6.07) is 0. The Kier molecular flexibility index (Phi) is 9.52. The normalized spacial score (nSPS) is 10.2. The highest BCUT2D eigenvalue weighted by Crippen LogP contribution is 1.97. The number of rotatable bonds is 7. The number of hydroxylamine groups is 1. The van der Waals surface area contributed by atoms with Crippen LogP contribution in [0, 0.1) is 0 Å². The van der Waals surface area contributed by atoms with Gasteiger partial charge in [0.25, 0.3) is 0 Å². The highest BCUT2D eigenvalue weighted by Gasteiger charge is 1.86. The van der Waals surface area contributed by atoms with Crippen molar-refractivity contribution >= 4 is 11.8 Å². The zero-order chi connectivity index (χ0) is 7.66. The Morgan fingerprint density at radius 3 is 2.80 bits per heavy atom. The summed E-state index contributed by atoms with van der Waals surface area (Å²) in [6.45, 7) is 3.71. The third-order valence-corrected chi connectivity index (χ3v) is 1.82. The summed E-state index contributed by atoms with van der Waals surface area (Å²) < 4.78 is 0. The van der Waals surface area contributed by atoms with Crippen LogP contribution in [0.4, 0.5) is 0 Å². The van der Waals surface area contributed by atoms with Crippen LogP contribution in [0.3, 0.4) is 0 Å². The van der Waals surface area contributed by atoms with Crippen LogP contribution in [0.5, 0.6) is 0 Å². The molecule has 0 aliphatic heterocycles. The first-order valence-corrected chi connectivity index (χ1v) is 5.14. The monoisotopic (exact) mass is 163 g/mol. The Balaban J connectivity index is 2.65. The van der Waals surface area contributed by atoms with Crippen LogP contribution >= 0.6 is 11.8 Å². The van der Waals surface area contributed by atoms with Gasteiger partial charge in [-0.3, -0.25) is 0 Å². The topological polar surface area (TPSA) is 21.3 Å². The second-order valence-electron chi connectivity index (χ2n) is 2.03. The Bertz CT molecular complexity index is 53.6. The standard InChI is InChI=1S/C7H17NOS/c1-3-9-8-6-4-5-7-10-2/h8H,3-7H2,1-2H3. The third kappa shape index (κ3) is 8.27. The highest BCUT2D eigenvalue weighted by molar-refractivity contribution is 7.98. The van der Waals surface area contributed by atoms with Gasteiger partial charge in [0.1, 0.15) is 0 Å². The molecule has 1 N–H and O–H groups in total. The molecule has 10 heavy (non-hydrogen) atoms. The van der Waals surface area contributed by atoms with E-state index >= 15 is 0 Å². The zero-order valence-electron chi connectivity index (χ0n) is 6.85. The molecule has 62 valence electrons. The molecule has 3 heteroatoms. The molecule has 0 aromatic heterocycles. The van der Waals surface area contributed by atoms with Gasteiger partial charge < -0.3 is 4.84 Å². The van der Waals surface area contributed by atoms with E-state index in [1.165, 1.54) is 18.6 Å². The Morgan fingerprint density at radius 2 is 2.20 bits per heavy atom. The van der Waals surface area contributed by atoms with Crippen molar-refractivity contribution < 1.29 is 4.84 Å². The van der Waals surface area contributed by atoms with Gasteiger partial charge in [-0.1, -0.05) is 0 Å². The number of nitrogens with one attached hydrogen (secondary N) is 1. The van der Waals surface area contributed by atoms with E-state index in [9.17, 15) is 0 Å². The lowest BCUT2D eigenvalue weighted by Gasteiger charge is -2.01. The summed E-state index contributed by atoms with van der Waals surface area (Å²) in [6.07, 6.45) is 4.62. The molecule has 0 saturated carbocycles. The molecule has 0 heterocycles. The molecule has 0 rings (SSSR count). The fourth-order valence-electron chi connectivity index (χ4n) is 0.618. The van der Waals surface area contributed by atoms with Gasteiger partial charge >= 0.3 is 0 Å². The number of hydrogen-bond acceptors (Lipinski definition) is 3. The maximum Gasteiger partial charge on any atom is 0.0653 e. The van der Waals surface area contributed by atoms with Crippen LogP contribution in [-0.4, -0.2) is 25.2 Å². The van der Waals surface area contributed by atoms with Crippen LogP contribution in [0.25, 0.3) is 0 Å². The van der Waals surface area contributed by atoms with Crippen LogP contribution in [-0.2, 0) is 4.84 Å². The van der Waals surface area contributed by atoms with E-state index in [1.807, 2.05) is 18.7 Å². The Hall–Kier alpha value is 0.270. The summed E-state index contributed by atoms with van der Waals surface area (Å²) in [4.78, 5) is 4.96. The molecule has 0 atom stereocenters. The van der Waals surface area contributed by atoms with E-state index < -0.39 is 0 Å². The maximum absolute atomic E-state index is 4.96. The summed E-state index contributed by atoms with van der Waals surface area (Å²) in [5.41, 5.74) is 2.88. The summed E-state index contributed by atoms with van der Waals surface area (Å²) >= 11 is 1.90. The van der Waals surface area contributed by atoms with Crippen molar-refractivity contribution in [1.82, 2.24) is 5.48 Å². The maximum atomic E-state index is 4.96. The lowest BCUT2D eigenvalue weighted by Crippen LogP contribution is -2.15. The first-order valence-electron chi connectivity index (χ1n) is 3.75. The van der Waals surface area contributed by atoms with E-state index in [0.717, 1.165) is 13.2 Å². The van der Waals surface area contributed by atoms with Gasteiger partial charge in [-0.2, -0.15) is 11.8 Å². The van der Waals surface area contributed by atoms with Crippen molar-refractivity contribution in [3.8, 4) is 0 Å².